The summed E-state index contributed by atoms with van der Waals surface area (Å²) < 4.78 is 0. The van der Waals surface area contributed by atoms with Crippen LogP contribution in [0, 0.1) is 5.92 Å². The highest BCUT2D eigenvalue weighted by molar-refractivity contribution is 5.98. The molecule has 0 spiro atoms. The molecule has 1 aliphatic heterocycles. The minimum Gasteiger partial charge on any atom is -0.508 e. The van der Waals surface area contributed by atoms with Crippen LogP contribution in [-0.2, 0) is 0 Å². The molecule has 1 saturated heterocycles. The Kier molecular flexibility index (Phi) is 8.38. The van der Waals surface area contributed by atoms with Gasteiger partial charge in [-0.2, -0.15) is 0 Å². The van der Waals surface area contributed by atoms with Crippen LogP contribution in [0.2, 0.25) is 0 Å². The lowest BCUT2D eigenvalue weighted by Gasteiger charge is -2.33. The van der Waals surface area contributed by atoms with Gasteiger partial charge in [0.2, 0.25) is 0 Å². The summed E-state index contributed by atoms with van der Waals surface area (Å²) in [6.45, 7) is 5.16. The number of piperidine rings is 1. The third-order valence-electron chi connectivity index (χ3n) is 6.40. The first-order valence-corrected chi connectivity index (χ1v) is 11.3. The van der Waals surface area contributed by atoms with E-state index in [0.29, 0.717) is 5.92 Å². The topological polar surface area (TPSA) is 49.5 Å². The molecule has 3 aromatic rings. The lowest BCUT2D eigenvalue weighted by atomic mass is 9.88. The zero-order valence-corrected chi connectivity index (χ0v) is 19.5. The van der Waals surface area contributed by atoms with Crippen LogP contribution in [0.4, 0.5) is 5.69 Å². The second kappa shape index (κ2) is 11.2. The largest absolute Gasteiger partial charge is 0.508 e. The number of phenols is 1. The number of halogens is 1. The summed E-state index contributed by atoms with van der Waals surface area (Å²) in [5.41, 5.74) is 13.2. The molecule has 3 aromatic carbocycles. The molecule has 0 saturated carbocycles. The van der Waals surface area contributed by atoms with Crippen molar-refractivity contribution in [1.29, 1.82) is 0 Å². The molecule has 168 valence electrons. The van der Waals surface area contributed by atoms with Gasteiger partial charge in [-0.25, -0.2) is 0 Å². The third-order valence-corrected chi connectivity index (χ3v) is 6.40. The summed E-state index contributed by atoms with van der Waals surface area (Å²) in [5, 5.41) is 9.81. The van der Waals surface area contributed by atoms with Gasteiger partial charge in [-0.15, -0.1) is 12.4 Å². The van der Waals surface area contributed by atoms with Crippen LogP contribution >= 0.6 is 12.4 Å². The number of benzene rings is 3. The molecule has 0 amide bonds. The van der Waals surface area contributed by atoms with Crippen LogP contribution in [-0.4, -0.2) is 24.7 Å². The average molecular weight is 449 g/mol. The van der Waals surface area contributed by atoms with Crippen molar-refractivity contribution in [2.45, 2.75) is 26.2 Å². The van der Waals surface area contributed by atoms with Crippen molar-refractivity contribution in [3.8, 4) is 5.75 Å². The van der Waals surface area contributed by atoms with E-state index in [1.54, 1.807) is 12.1 Å². The molecular formula is C28H33ClN2O. The number of hydrogen-bond donors (Lipinski definition) is 2. The van der Waals surface area contributed by atoms with E-state index >= 15 is 0 Å². The normalized spacial score (nSPS) is 15.1. The minimum absolute atomic E-state index is 0. The lowest BCUT2D eigenvalue weighted by molar-refractivity contribution is 0.414. The van der Waals surface area contributed by atoms with Crippen molar-refractivity contribution in [2.75, 3.05) is 24.5 Å². The lowest BCUT2D eigenvalue weighted by Crippen LogP contribution is -2.36. The fourth-order valence-electron chi connectivity index (χ4n) is 4.57. The molecule has 0 aromatic heterocycles. The Morgan fingerprint density at radius 3 is 1.94 bits per heavy atom. The number of aromatic hydroxyl groups is 1. The number of hydrogen-bond acceptors (Lipinski definition) is 3. The van der Waals surface area contributed by atoms with Crippen molar-refractivity contribution < 1.29 is 5.11 Å². The Bertz CT molecular complexity index is 1010. The highest BCUT2D eigenvalue weighted by Gasteiger charge is 2.19. The second-order valence-corrected chi connectivity index (χ2v) is 8.33. The van der Waals surface area contributed by atoms with Gasteiger partial charge in [0, 0.05) is 18.8 Å². The Morgan fingerprint density at radius 1 is 0.844 bits per heavy atom. The fraction of sp³-hybridized carbons (Fsp3) is 0.286. The number of nitrogens with two attached hydrogens (primary N) is 1. The molecule has 32 heavy (non-hydrogen) atoms. The minimum atomic E-state index is 0. The summed E-state index contributed by atoms with van der Waals surface area (Å²) in [4.78, 5) is 2.47. The maximum Gasteiger partial charge on any atom is 0.115 e. The van der Waals surface area contributed by atoms with E-state index in [1.807, 2.05) is 12.1 Å². The van der Waals surface area contributed by atoms with Gasteiger partial charge in [-0.05, 0) is 83.8 Å². The van der Waals surface area contributed by atoms with Crippen molar-refractivity contribution in [1.82, 2.24) is 0 Å². The van der Waals surface area contributed by atoms with Crippen LogP contribution in [0.3, 0.4) is 0 Å². The Morgan fingerprint density at radius 2 is 1.41 bits per heavy atom. The van der Waals surface area contributed by atoms with Gasteiger partial charge in [0.1, 0.15) is 5.75 Å². The van der Waals surface area contributed by atoms with Crippen molar-refractivity contribution in [2.24, 2.45) is 11.7 Å². The Hall–Kier alpha value is -2.75. The standard InChI is InChI=1S/C28H32N2O.ClH/c1-2-27(22-6-4-3-5-7-22)28(24-10-14-26(31)15-11-24)23-8-12-25(13-9-23)30-18-16-21(20-29)17-19-30;/h3-15,21,31H,2,16-20,29H2,1H3;1H/b28-27-;. The SMILES string of the molecule is CC/C(=C(/c1ccc(O)cc1)c1ccc(N2CCC(CN)CC2)cc1)c1ccccc1.Cl. The molecule has 0 unspecified atom stereocenters. The molecule has 1 heterocycles. The van der Waals surface area contributed by atoms with Gasteiger partial charge >= 0.3 is 0 Å². The summed E-state index contributed by atoms with van der Waals surface area (Å²) >= 11 is 0. The summed E-state index contributed by atoms with van der Waals surface area (Å²) in [7, 11) is 0. The average Bonchev–Trinajstić information content (AvgIpc) is 2.84. The number of nitrogens with zero attached hydrogens (tertiary/aromatic N) is 1. The fourth-order valence-corrected chi connectivity index (χ4v) is 4.57. The maximum atomic E-state index is 9.81. The highest BCUT2D eigenvalue weighted by Crippen LogP contribution is 2.36. The first kappa shape index (κ1) is 23.9. The molecule has 0 aliphatic carbocycles. The summed E-state index contributed by atoms with van der Waals surface area (Å²) in [6, 6.07) is 27.1. The van der Waals surface area contributed by atoms with E-state index in [4.69, 9.17) is 5.73 Å². The maximum absolute atomic E-state index is 9.81. The van der Waals surface area contributed by atoms with Crippen LogP contribution in [0.25, 0.3) is 11.1 Å². The highest BCUT2D eigenvalue weighted by atomic mass is 35.5. The molecule has 3 N–H and O–H groups in total. The summed E-state index contributed by atoms with van der Waals surface area (Å²) in [6.07, 6.45) is 3.27. The molecule has 4 rings (SSSR count). The molecule has 1 fully saturated rings. The van der Waals surface area contributed by atoms with Gasteiger partial charge in [-0.3, -0.25) is 0 Å². The zero-order chi connectivity index (χ0) is 21.6. The number of phenolic OH excluding ortho intramolecular Hbond substituents is 1. The van der Waals surface area contributed by atoms with Gasteiger partial charge in [0.05, 0.1) is 0 Å². The second-order valence-electron chi connectivity index (χ2n) is 8.33. The van der Waals surface area contributed by atoms with E-state index in [-0.39, 0.29) is 18.2 Å². The molecule has 0 bridgehead atoms. The van der Waals surface area contributed by atoms with Crippen LogP contribution in [0.15, 0.2) is 78.9 Å². The molecule has 1 aliphatic rings. The van der Waals surface area contributed by atoms with Gasteiger partial charge in [0.15, 0.2) is 0 Å². The number of rotatable bonds is 6. The predicted octanol–water partition coefficient (Wildman–Crippen LogP) is 6.36. The number of allylic oxidation sites excluding steroid dienone is 1. The molecule has 0 radical (unpaired) electrons. The summed E-state index contributed by atoms with van der Waals surface area (Å²) in [5.74, 6) is 0.953. The van der Waals surface area contributed by atoms with E-state index < -0.39 is 0 Å². The van der Waals surface area contributed by atoms with Crippen molar-refractivity contribution >= 4 is 29.2 Å². The van der Waals surface area contributed by atoms with Gasteiger partial charge < -0.3 is 15.7 Å². The van der Waals surface area contributed by atoms with E-state index in [9.17, 15) is 5.11 Å². The quantitative estimate of drug-likeness (QED) is 0.431. The first-order valence-electron chi connectivity index (χ1n) is 11.3. The van der Waals surface area contributed by atoms with E-state index in [2.05, 4.69) is 66.4 Å². The smallest absolute Gasteiger partial charge is 0.115 e. The number of anilines is 1. The van der Waals surface area contributed by atoms with Gasteiger partial charge in [-0.1, -0.05) is 61.5 Å². The molecule has 0 atom stereocenters. The van der Waals surface area contributed by atoms with Crippen molar-refractivity contribution in [3.63, 3.8) is 0 Å². The zero-order valence-electron chi connectivity index (χ0n) is 18.7. The molecule has 4 heteroatoms. The van der Waals surface area contributed by atoms with Crippen LogP contribution in [0.5, 0.6) is 5.75 Å². The van der Waals surface area contributed by atoms with Gasteiger partial charge in [0.25, 0.3) is 0 Å². The van der Waals surface area contributed by atoms with Crippen LogP contribution < -0.4 is 10.6 Å². The van der Waals surface area contributed by atoms with E-state index in [0.717, 1.165) is 31.6 Å². The third kappa shape index (κ3) is 5.35. The molecule has 3 nitrogen and oxygen atoms in total. The monoisotopic (exact) mass is 448 g/mol. The Balaban J connectivity index is 0.00000289. The van der Waals surface area contributed by atoms with Crippen molar-refractivity contribution in [3.05, 3.63) is 95.6 Å². The molecular weight excluding hydrogens is 416 g/mol. The Labute approximate surface area is 198 Å². The predicted molar refractivity (Wildman–Crippen MR) is 138 cm³/mol. The first-order chi connectivity index (χ1) is 15.2. The van der Waals surface area contributed by atoms with Crippen LogP contribution in [0.1, 0.15) is 42.9 Å². The van der Waals surface area contributed by atoms with E-state index in [1.165, 1.54) is 40.8 Å².